The Bertz CT molecular complexity index is 655. The van der Waals surface area contributed by atoms with Gasteiger partial charge in [0.25, 0.3) is 5.91 Å². The Kier molecular flexibility index (Phi) is 5.53. The van der Waals surface area contributed by atoms with Crippen molar-refractivity contribution in [3.05, 3.63) is 40.8 Å². The first-order valence-corrected chi connectivity index (χ1v) is 8.79. The van der Waals surface area contributed by atoms with E-state index in [2.05, 4.69) is 53.1 Å². The van der Waals surface area contributed by atoms with Crippen LogP contribution in [0.15, 0.2) is 30.9 Å². The number of nitrogens with one attached hydrogen (secondary N) is 1. The first-order chi connectivity index (χ1) is 9.42. The van der Waals surface area contributed by atoms with Gasteiger partial charge in [-0.3, -0.25) is 4.79 Å². The molecule has 0 aliphatic carbocycles. The molecule has 8 heteroatoms. The molecular weight excluding hydrogens is 497 g/mol. The van der Waals surface area contributed by atoms with Crippen molar-refractivity contribution in [3.63, 3.8) is 0 Å². The van der Waals surface area contributed by atoms with E-state index in [9.17, 15) is 4.79 Å². The van der Waals surface area contributed by atoms with Crippen molar-refractivity contribution in [1.29, 1.82) is 0 Å². The van der Waals surface area contributed by atoms with Crippen LogP contribution in [0, 0.1) is 0 Å². The number of methoxy groups -OCH3 is 1. The molecule has 0 bridgehead atoms. The number of ether oxygens (including phenoxy) is 1. The minimum absolute atomic E-state index is 0.228. The second kappa shape index (κ2) is 6.79. The summed E-state index contributed by atoms with van der Waals surface area (Å²) < 4.78 is 7.64. The predicted octanol–water partition coefficient (Wildman–Crippen LogP) is 5.95. The van der Waals surface area contributed by atoms with Crippen molar-refractivity contribution < 1.29 is 9.53 Å². The number of thiophene rings is 1. The van der Waals surface area contributed by atoms with Crippen LogP contribution in [0.5, 0.6) is 5.75 Å². The Hall–Kier alpha value is -0.0800. The summed E-state index contributed by atoms with van der Waals surface area (Å²) in [5.74, 6) is 0.298. The average Bonchev–Trinajstić information content (AvgIpc) is 2.69. The van der Waals surface area contributed by atoms with Gasteiger partial charge in [0.05, 0.1) is 25.9 Å². The molecule has 20 heavy (non-hydrogen) atoms. The number of anilines is 1. The third kappa shape index (κ3) is 3.57. The lowest BCUT2D eigenvalue weighted by Crippen LogP contribution is -2.11. The van der Waals surface area contributed by atoms with Crippen LogP contribution in [0.1, 0.15) is 9.67 Å². The van der Waals surface area contributed by atoms with Crippen LogP contribution >= 0.6 is 70.7 Å². The van der Waals surface area contributed by atoms with Gasteiger partial charge in [0.2, 0.25) is 0 Å². The highest BCUT2D eigenvalue weighted by Gasteiger charge is 2.16. The Labute approximate surface area is 150 Å². The summed E-state index contributed by atoms with van der Waals surface area (Å²) in [6.07, 6.45) is 0. The van der Waals surface area contributed by atoms with E-state index in [0.717, 1.165) is 8.26 Å². The molecule has 1 amide bonds. The van der Waals surface area contributed by atoms with Crippen LogP contribution in [0.25, 0.3) is 0 Å². The van der Waals surface area contributed by atoms with Gasteiger partial charge in [-0.2, -0.15) is 0 Å². The van der Waals surface area contributed by atoms with Crippen molar-refractivity contribution in [2.75, 3.05) is 12.4 Å². The lowest BCUT2D eigenvalue weighted by Gasteiger charge is -2.11. The van der Waals surface area contributed by atoms with E-state index in [-0.39, 0.29) is 5.91 Å². The largest absolute Gasteiger partial charge is 0.493 e. The van der Waals surface area contributed by atoms with Crippen LogP contribution in [0.3, 0.4) is 0 Å². The van der Waals surface area contributed by atoms with Gasteiger partial charge >= 0.3 is 0 Å². The number of benzene rings is 1. The van der Waals surface area contributed by atoms with Crippen LogP contribution in [0.2, 0.25) is 5.02 Å². The van der Waals surface area contributed by atoms with Crippen molar-refractivity contribution in [2.45, 2.75) is 0 Å². The molecule has 0 aliphatic rings. The number of halogens is 4. The highest BCUT2D eigenvalue weighted by atomic mass is 79.9. The Morgan fingerprint density at radius 2 is 1.95 bits per heavy atom. The Morgan fingerprint density at radius 3 is 2.50 bits per heavy atom. The minimum atomic E-state index is -0.228. The van der Waals surface area contributed by atoms with E-state index in [1.165, 1.54) is 18.4 Å². The van der Waals surface area contributed by atoms with E-state index >= 15 is 0 Å². The molecule has 0 aliphatic heterocycles. The van der Waals surface area contributed by atoms with Gasteiger partial charge in [-0.15, -0.1) is 11.3 Å². The maximum absolute atomic E-state index is 12.2. The molecule has 0 saturated carbocycles. The first kappa shape index (κ1) is 16.3. The van der Waals surface area contributed by atoms with E-state index in [0.29, 0.717) is 25.8 Å². The summed E-state index contributed by atoms with van der Waals surface area (Å²) in [5, 5.41) is 3.29. The Morgan fingerprint density at radius 1 is 1.25 bits per heavy atom. The predicted molar refractivity (Wildman–Crippen MR) is 93.4 cm³/mol. The fourth-order valence-corrected chi connectivity index (χ4v) is 4.41. The molecule has 0 atom stereocenters. The second-order valence-electron chi connectivity index (χ2n) is 3.65. The summed E-state index contributed by atoms with van der Waals surface area (Å²) in [7, 11) is 1.53. The first-order valence-electron chi connectivity index (χ1n) is 5.21. The molecule has 106 valence electrons. The van der Waals surface area contributed by atoms with E-state index < -0.39 is 0 Å². The van der Waals surface area contributed by atoms with Crippen molar-refractivity contribution >= 4 is 82.3 Å². The summed E-state index contributed by atoms with van der Waals surface area (Å²) in [6.45, 7) is 0. The quantitative estimate of drug-likeness (QED) is 0.561. The Balaban J connectivity index is 2.32. The van der Waals surface area contributed by atoms with Gasteiger partial charge in [-0.1, -0.05) is 11.6 Å². The third-order valence-electron chi connectivity index (χ3n) is 2.33. The van der Waals surface area contributed by atoms with Crippen LogP contribution in [-0.4, -0.2) is 13.0 Å². The van der Waals surface area contributed by atoms with Crippen LogP contribution in [-0.2, 0) is 0 Å². The van der Waals surface area contributed by atoms with Gasteiger partial charge in [0, 0.05) is 9.50 Å². The van der Waals surface area contributed by atoms with E-state index in [4.69, 9.17) is 16.3 Å². The summed E-state index contributed by atoms with van der Waals surface area (Å²) >= 11 is 17.4. The van der Waals surface area contributed by atoms with Gasteiger partial charge < -0.3 is 10.1 Å². The molecule has 1 heterocycles. The molecule has 0 radical (unpaired) electrons. The number of hydrogen-bond acceptors (Lipinski definition) is 3. The number of hydrogen-bond donors (Lipinski definition) is 1. The van der Waals surface area contributed by atoms with Gasteiger partial charge in [0.1, 0.15) is 0 Å². The lowest BCUT2D eigenvalue weighted by molar-refractivity contribution is 0.103. The zero-order valence-electron chi connectivity index (χ0n) is 9.97. The smallest absolute Gasteiger partial charge is 0.265 e. The number of carbonyl (C=O) groups excluding carboxylic acids is 1. The molecule has 1 aromatic carbocycles. The maximum Gasteiger partial charge on any atom is 0.265 e. The lowest BCUT2D eigenvalue weighted by atomic mass is 10.3. The van der Waals surface area contributed by atoms with E-state index in [1.54, 1.807) is 18.2 Å². The highest BCUT2D eigenvalue weighted by Crippen LogP contribution is 2.37. The molecular formula is C12H7Br3ClNO2S. The van der Waals surface area contributed by atoms with Crippen molar-refractivity contribution in [1.82, 2.24) is 0 Å². The molecule has 2 rings (SSSR count). The van der Waals surface area contributed by atoms with Crippen LogP contribution < -0.4 is 10.1 Å². The molecule has 0 unspecified atom stereocenters. The summed E-state index contributed by atoms with van der Waals surface area (Å²) in [6, 6.07) is 5.09. The van der Waals surface area contributed by atoms with Crippen LogP contribution in [0.4, 0.5) is 5.69 Å². The monoisotopic (exact) mass is 501 g/mol. The fourth-order valence-electron chi connectivity index (χ4n) is 1.50. The van der Waals surface area contributed by atoms with E-state index in [1.807, 2.05) is 0 Å². The summed E-state index contributed by atoms with van der Waals surface area (Å²) in [5.41, 5.74) is 0.512. The normalized spacial score (nSPS) is 10.4. The van der Waals surface area contributed by atoms with Crippen molar-refractivity contribution in [3.8, 4) is 5.75 Å². The minimum Gasteiger partial charge on any atom is -0.493 e. The third-order valence-corrected chi connectivity index (χ3v) is 6.39. The SMILES string of the molecule is COc1c(Br)cc(Cl)cc1NC(=O)c1cc(Br)c(Br)s1. The molecule has 0 fully saturated rings. The van der Waals surface area contributed by atoms with Gasteiger partial charge in [-0.05, 0) is 66.0 Å². The fraction of sp³-hybridized carbons (Fsp3) is 0.0833. The molecule has 0 spiro atoms. The standard InChI is InChI=1S/C12H7Br3ClNO2S/c1-19-10-6(13)2-5(16)3-8(10)17-12(18)9-4-7(14)11(15)20-9/h2-4H,1H3,(H,17,18). The molecule has 0 saturated heterocycles. The molecule has 2 aromatic rings. The zero-order chi connectivity index (χ0) is 14.9. The van der Waals surface area contributed by atoms with Gasteiger partial charge in [-0.25, -0.2) is 0 Å². The summed E-state index contributed by atoms with van der Waals surface area (Å²) in [4.78, 5) is 12.8. The number of amides is 1. The average molecular weight is 504 g/mol. The topological polar surface area (TPSA) is 38.3 Å². The second-order valence-corrected chi connectivity index (χ2v) is 8.17. The highest BCUT2D eigenvalue weighted by molar-refractivity contribution is 9.13. The molecule has 3 nitrogen and oxygen atoms in total. The van der Waals surface area contributed by atoms with Crippen molar-refractivity contribution in [2.24, 2.45) is 0 Å². The number of carbonyl (C=O) groups is 1. The molecule has 1 aromatic heterocycles. The number of rotatable bonds is 3. The zero-order valence-corrected chi connectivity index (χ0v) is 16.3. The van der Waals surface area contributed by atoms with Gasteiger partial charge in [0.15, 0.2) is 5.75 Å². The molecule has 1 N–H and O–H groups in total. The maximum atomic E-state index is 12.2.